The zero-order chi connectivity index (χ0) is 16.2. The quantitative estimate of drug-likeness (QED) is 0.775. The van der Waals surface area contributed by atoms with Gasteiger partial charge in [0, 0.05) is 28.4 Å². The number of thiophene rings is 1. The van der Waals surface area contributed by atoms with Gasteiger partial charge in [-0.2, -0.15) is 0 Å². The minimum Gasteiger partial charge on any atom is -0.478 e. The maximum Gasteiger partial charge on any atom is 0.261 e. The van der Waals surface area contributed by atoms with Crippen LogP contribution in [-0.4, -0.2) is 17.5 Å². The maximum atomic E-state index is 13.7. The van der Waals surface area contributed by atoms with Crippen LogP contribution in [0.25, 0.3) is 10.1 Å². The molecule has 0 aliphatic carbocycles. The minimum atomic E-state index is -0.316. The molecule has 0 unspecified atom stereocenters. The minimum absolute atomic E-state index is 0.239. The highest BCUT2D eigenvalue weighted by Crippen LogP contribution is 2.27. The summed E-state index contributed by atoms with van der Waals surface area (Å²) >= 11 is 1.27. The van der Waals surface area contributed by atoms with Crippen LogP contribution in [0.1, 0.15) is 22.2 Å². The Kier molecular flexibility index (Phi) is 4.52. The number of ether oxygens (including phenoxy) is 1. The van der Waals surface area contributed by atoms with Gasteiger partial charge in [0.15, 0.2) is 0 Å². The van der Waals surface area contributed by atoms with E-state index < -0.39 is 0 Å². The molecule has 23 heavy (non-hydrogen) atoms. The molecule has 0 spiro atoms. The molecule has 0 radical (unpaired) electrons. The number of nitrogens with one attached hydrogen (secondary N) is 1. The first-order valence-corrected chi connectivity index (χ1v) is 8.03. The van der Waals surface area contributed by atoms with Crippen molar-refractivity contribution in [2.45, 2.75) is 13.5 Å². The fourth-order valence-corrected chi connectivity index (χ4v) is 3.22. The van der Waals surface area contributed by atoms with Crippen molar-refractivity contribution in [3.8, 4) is 5.88 Å². The molecule has 1 aromatic carbocycles. The van der Waals surface area contributed by atoms with Crippen molar-refractivity contribution in [1.82, 2.24) is 10.3 Å². The van der Waals surface area contributed by atoms with Gasteiger partial charge < -0.3 is 10.1 Å². The number of carbonyl (C=O) groups is 1. The number of nitrogens with zero attached hydrogens (tertiary/aromatic N) is 1. The molecule has 6 heteroatoms. The molecule has 2 heterocycles. The fraction of sp³-hybridized carbons (Fsp3) is 0.176. The van der Waals surface area contributed by atoms with Crippen molar-refractivity contribution in [2.75, 3.05) is 6.61 Å². The van der Waals surface area contributed by atoms with E-state index in [1.165, 1.54) is 17.4 Å². The summed E-state index contributed by atoms with van der Waals surface area (Å²) in [5, 5.41) is 3.29. The van der Waals surface area contributed by atoms with E-state index in [0.717, 1.165) is 10.3 Å². The van der Waals surface area contributed by atoms with Gasteiger partial charge in [0.1, 0.15) is 5.82 Å². The molecule has 0 fully saturated rings. The van der Waals surface area contributed by atoms with E-state index in [-0.39, 0.29) is 11.7 Å². The SMILES string of the molecule is CCOc1ncccc1CNC(=O)c1cc2c(F)cccc2s1. The van der Waals surface area contributed by atoms with Gasteiger partial charge in [0.05, 0.1) is 11.5 Å². The van der Waals surface area contributed by atoms with E-state index in [1.54, 1.807) is 30.5 Å². The van der Waals surface area contributed by atoms with Gasteiger partial charge in [-0.15, -0.1) is 11.3 Å². The zero-order valence-corrected chi connectivity index (χ0v) is 13.3. The summed E-state index contributed by atoms with van der Waals surface area (Å²) in [6.07, 6.45) is 1.64. The predicted molar refractivity (Wildman–Crippen MR) is 88.4 cm³/mol. The number of fused-ring (bicyclic) bond motifs is 1. The van der Waals surface area contributed by atoms with Gasteiger partial charge in [0.2, 0.25) is 5.88 Å². The van der Waals surface area contributed by atoms with E-state index in [1.807, 2.05) is 13.0 Å². The molecule has 0 saturated heterocycles. The van der Waals surface area contributed by atoms with Crippen LogP contribution in [0.2, 0.25) is 0 Å². The largest absolute Gasteiger partial charge is 0.478 e. The highest BCUT2D eigenvalue weighted by Gasteiger charge is 2.13. The number of hydrogen-bond acceptors (Lipinski definition) is 4. The number of halogens is 1. The molecule has 2 aromatic heterocycles. The van der Waals surface area contributed by atoms with Crippen LogP contribution in [0.5, 0.6) is 5.88 Å². The van der Waals surface area contributed by atoms with E-state index in [2.05, 4.69) is 10.3 Å². The lowest BCUT2D eigenvalue weighted by molar-refractivity contribution is 0.0954. The number of carbonyl (C=O) groups excluding carboxylic acids is 1. The molecule has 0 saturated carbocycles. The summed E-state index contributed by atoms with van der Waals surface area (Å²) in [6.45, 7) is 2.69. The Morgan fingerprint density at radius 2 is 2.22 bits per heavy atom. The van der Waals surface area contributed by atoms with E-state index in [0.29, 0.717) is 29.3 Å². The van der Waals surface area contributed by atoms with Crippen molar-refractivity contribution in [3.63, 3.8) is 0 Å². The van der Waals surface area contributed by atoms with Crippen molar-refractivity contribution in [3.05, 3.63) is 58.9 Å². The second kappa shape index (κ2) is 6.75. The van der Waals surface area contributed by atoms with Crippen LogP contribution >= 0.6 is 11.3 Å². The number of pyridine rings is 1. The topological polar surface area (TPSA) is 51.2 Å². The lowest BCUT2D eigenvalue weighted by Gasteiger charge is -2.09. The molecular weight excluding hydrogens is 315 g/mol. The van der Waals surface area contributed by atoms with Crippen LogP contribution in [0.15, 0.2) is 42.6 Å². The molecule has 118 valence electrons. The Hall–Kier alpha value is -2.47. The first kappa shape index (κ1) is 15.4. The number of benzene rings is 1. The monoisotopic (exact) mass is 330 g/mol. The average Bonchev–Trinajstić information content (AvgIpc) is 3.00. The second-order valence-corrected chi connectivity index (χ2v) is 5.93. The van der Waals surface area contributed by atoms with Crippen LogP contribution in [0.4, 0.5) is 4.39 Å². The highest BCUT2D eigenvalue weighted by atomic mass is 32.1. The Labute approximate surface area is 136 Å². The summed E-state index contributed by atoms with van der Waals surface area (Å²) in [6, 6.07) is 10.0. The summed E-state index contributed by atoms with van der Waals surface area (Å²) in [5.74, 6) is -0.0433. The van der Waals surface area contributed by atoms with Gasteiger partial charge in [-0.05, 0) is 31.2 Å². The van der Waals surface area contributed by atoms with Crippen LogP contribution in [0, 0.1) is 5.82 Å². The van der Waals surface area contributed by atoms with Crippen LogP contribution in [0.3, 0.4) is 0 Å². The molecule has 3 aromatic rings. The predicted octanol–water partition coefficient (Wildman–Crippen LogP) is 3.76. The molecule has 0 aliphatic heterocycles. The number of rotatable bonds is 5. The van der Waals surface area contributed by atoms with Crippen molar-refractivity contribution in [2.24, 2.45) is 0 Å². The van der Waals surface area contributed by atoms with Crippen LogP contribution < -0.4 is 10.1 Å². The normalized spacial score (nSPS) is 10.7. The fourth-order valence-electron chi connectivity index (χ4n) is 2.23. The highest BCUT2D eigenvalue weighted by molar-refractivity contribution is 7.20. The van der Waals surface area contributed by atoms with E-state index >= 15 is 0 Å². The smallest absolute Gasteiger partial charge is 0.261 e. The first-order chi connectivity index (χ1) is 11.2. The molecule has 0 aliphatic rings. The van der Waals surface area contributed by atoms with Gasteiger partial charge in [-0.3, -0.25) is 4.79 Å². The Morgan fingerprint density at radius 1 is 1.35 bits per heavy atom. The average molecular weight is 330 g/mol. The summed E-state index contributed by atoms with van der Waals surface area (Å²) in [4.78, 5) is 16.9. The summed E-state index contributed by atoms with van der Waals surface area (Å²) in [7, 11) is 0. The number of aromatic nitrogens is 1. The molecule has 0 bridgehead atoms. The molecule has 3 rings (SSSR count). The lowest BCUT2D eigenvalue weighted by Crippen LogP contribution is -2.22. The van der Waals surface area contributed by atoms with Gasteiger partial charge in [-0.25, -0.2) is 9.37 Å². The standard InChI is InChI=1S/C17H15FN2O2S/c1-2-22-17-11(5-4-8-19-17)10-20-16(21)15-9-12-13(18)6-3-7-14(12)23-15/h3-9H,2,10H2,1H3,(H,20,21). The van der Waals surface area contributed by atoms with Gasteiger partial charge in [-0.1, -0.05) is 12.1 Å². The maximum absolute atomic E-state index is 13.7. The molecule has 1 amide bonds. The second-order valence-electron chi connectivity index (χ2n) is 4.85. The van der Waals surface area contributed by atoms with Crippen molar-refractivity contribution >= 4 is 27.3 Å². The Bertz CT molecular complexity index is 847. The number of hydrogen-bond donors (Lipinski definition) is 1. The number of amides is 1. The third kappa shape index (κ3) is 3.32. The van der Waals surface area contributed by atoms with Crippen LogP contribution in [-0.2, 0) is 6.54 Å². The Morgan fingerprint density at radius 3 is 3.00 bits per heavy atom. The van der Waals surface area contributed by atoms with Crippen molar-refractivity contribution in [1.29, 1.82) is 0 Å². The summed E-state index contributed by atoms with van der Waals surface area (Å²) < 4.78 is 19.9. The van der Waals surface area contributed by atoms with E-state index in [9.17, 15) is 9.18 Å². The molecule has 0 atom stereocenters. The molecule has 4 nitrogen and oxygen atoms in total. The molecular formula is C17H15FN2O2S. The first-order valence-electron chi connectivity index (χ1n) is 7.22. The Balaban J connectivity index is 1.75. The molecule has 1 N–H and O–H groups in total. The third-order valence-corrected chi connectivity index (χ3v) is 4.40. The summed E-state index contributed by atoms with van der Waals surface area (Å²) in [5.41, 5.74) is 0.801. The van der Waals surface area contributed by atoms with Crippen molar-refractivity contribution < 1.29 is 13.9 Å². The third-order valence-electron chi connectivity index (χ3n) is 3.30. The lowest BCUT2D eigenvalue weighted by atomic mass is 10.2. The van der Waals surface area contributed by atoms with Gasteiger partial charge >= 0.3 is 0 Å². The van der Waals surface area contributed by atoms with Gasteiger partial charge in [0.25, 0.3) is 5.91 Å². The van der Waals surface area contributed by atoms with E-state index in [4.69, 9.17) is 4.74 Å². The zero-order valence-electron chi connectivity index (χ0n) is 12.5.